The van der Waals surface area contributed by atoms with Crippen molar-refractivity contribution in [3.63, 3.8) is 0 Å². The molecule has 0 bridgehead atoms. The Balaban J connectivity index is 1.65. The van der Waals surface area contributed by atoms with Crippen LogP contribution in [0.4, 0.5) is 0 Å². The van der Waals surface area contributed by atoms with Gasteiger partial charge in [0.15, 0.2) is 5.78 Å². The minimum Gasteiger partial charge on any atom is -0.341 e. The van der Waals surface area contributed by atoms with Gasteiger partial charge in [0.25, 0.3) is 0 Å². The molecule has 1 N–H and O–H groups in total. The zero-order valence-corrected chi connectivity index (χ0v) is 21.0. The van der Waals surface area contributed by atoms with Crippen LogP contribution in [-0.4, -0.2) is 56.1 Å². The van der Waals surface area contributed by atoms with Gasteiger partial charge in [-0.15, -0.1) is 0 Å². The molecule has 178 valence electrons. The smallest absolute Gasteiger partial charge is 0.241 e. The third-order valence-corrected chi connectivity index (χ3v) is 8.18. The van der Waals surface area contributed by atoms with Crippen molar-refractivity contribution in [1.82, 2.24) is 9.62 Å². The second-order valence-corrected chi connectivity index (χ2v) is 11.3. The fourth-order valence-electron chi connectivity index (χ4n) is 3.98. The number of amides is 1. The number of thioether (sulfide) groups is 1. The summed E-state index contributed by atoms with van der Waals surface area (Å²) < 4.78 is 28.4. The van der Waals surface area contributed by atoms with E-state index in [2.05, 4.69) is 4.72 Å². The first-order chi connectivity index (χ1) is 15.7. The third-order valence-electron chi connectivity index (χ3n) is 6.05. The van der Waals surface area contributed by atoms with Crippen LogP contribution in [0.3, 0.4) is 0 Å². The minimum atomic E-state index is -3.82. The number of hydrogen-bond donors (Lipinski definition) is 1. The molecule has 1 amide bonds. The van der Waals surface area contributed by atoms with Crippen molar-refractivity contribution in [2.24, 2.45) is 5.92 Å². The summed E-state index contributed by atoms with van der Waals surface area (Å²) in [6, 6.07) is 13.3. The van der Waals surface area contributed by atoms with E-state index in [-0.39, 0.29) is 22.5 Å². The lowest BCUT2D eigenvalue weighted by Gasteiger charge is -2.34. The van der Waals surface area contributed by atoms with Crippen LogP contribution in [-0.2, 0) is 14.8 Å². The van der Waals surface area contributed by atoms with Gasteiger partial charge in [0.2, 0.25) is 15.9 Å². The number of hydrogen-bond acceptors (Lipinski definition) is 5. The quantitative estimate of drug-likeness (QED) is 0.543. The fourth-order valence-corrected chi connectivity index (χ4v) is 5.67. The van der Waals surface area contributed by atoms with Crippen LogP contribution in [0.1, 0.15) is 40.7 Å². The van der Waals surface area contributed by atoms with Crippen molar-refractivity contribution in [3.8, 4) is 0 Å². The number of rotatable bonds is 9. The van der Waals surface area contributed by atoms with Crippen molar-refractivity contribution >= 4 is 33.5 Å². The van der Waals surface area contributed by atoms with Crippen LogP contribution in [0.25, 0.3) is 0 Å². The van der Waals surface area contributed by atoms with E-state index in [9.17, 15) is 18.0 Å². The molecule has 33 heavy (non-hydrogen) atoms. The number of carbonyl (C=O) groups excluding carboxylic acids is 2. The average Bonchev–Trinajstić information content (AvgIpc) is 2.81. The number of nitrogens with one attached hydrogen (secondary N) is 1. The van der Waals surface area contributed by atoms with Crippen molar-refractivity contribution in [1.29, 1.82) is 0 Å². The molecule has 1 aliphatic rings. The summed E-state index contributed by atoms with van der Waals surface area (Å²) in [4.78, 5) is 27.9. The Labute approximate surface area is 201 Å². The van der Waals surface area contributed by atoms with Crippen LogP contribution in [0.5, 0.6) is 0 Å². The molecule has 6 nitrogen and oxygen atoms in total. The van der Waals surface area contributed by atoms with Gasteiger partial charge in [-0.2, -0.15) is 16.5 Å². The molecule has 1 aliphatic heterocycles. The topological polar surface area (TPSA) is 83.6 Å². The predicted octanol–water partition coefficient (Wildman–Crippen LogP) is 3.82. The molecule has 1 unspecified atom stereocenters. The Hall–Kier alpha value is -2.16. The molecule has 0 aliphatic carbocycles. The average molecular weight is 489 g/mol. The molecule has 0 radical (unpaired) electrons. The lowest BCUT2D eigenvalue weighted by atomic mass is 9.88. The molecule has 1 atom stereocenters. The van der Waals surface area contributed by atoms with Gasteiger partial charge in [-0.3, -0.25) is 9.59 Å². The van der Waals surface area contributed by atoms with E-state index in [1.807, 2.05) is 44.4 Å². The van der Waals surface area contributed by atoms with Gasteiger partial charge >= 0.3 is 0 Å². The van der Waals surface area contributed by atoms with E-state index >= 15 is 0 Å². The first-order valence-corrected chi connectivity index (χ1v) is 14.1. The summed E-state index contributed by atoms with van der Waals surface area (Å²) in [5, 5.41) is 0. The number of sulfonamides is 1. The summed E-state index contributed by atoms with van der Waals surface area (Å²) in [6.45, 7) is 4.77. The van der Waals surface area contributed by atoms with Crippen molar-refractivity contribution in [2.45, 2.75) is 44.0 Å². The fraction of sp³-hybridized carbons (Fsp3) is 0.440. The monoisotopic (exact) mass is 488 g/mol. The number of nitrogens with zero attached hydrogens (tertiary/aromatic N) is 1. The molecule has 0 aromatic heterocycles. The maximum Gasteiger partial charge on any atom is 0.241 e. The van der Waals surface area contributed by atoms with Crippen LogP contribution >= 0.6 is 11.8 Å². The van der Waals surface area contributed by atoms with E-state index in [0.717, 1.165) is 11.1 Å². The lowest BCUT2D eigenvalue weighted by Crippen LogP contribution is -2.51. The van der Waals surface area contributed by atoms with Gasteiger partial charge in [0, 0.05) is 24.6 Å². The number of aryl methyl sites for hydroxylation is 2. The minimum absolute atomic E-state index is 0.112. The number of carbonyl (C=O) groups is 2. The summed E-state index contributed by atoms with van der Waals surface area (Å²) in [5.41, 5.74) is 2.78. The first kappa shape index (κ1) is 25.5. The number of Topliss-reactive ketones (excluding diaryl/α,β-unsaturated/α-hetero) is 1. The molecular formula is C25H32N2O4S2. The zero-order chi connectivity index (χ0) is 24.0. The Bertz CT molecular complexity index is 1060. The van der Waals surface area contributed by atoms with Crippen LogP contribution in [0.2, 0.25) is 0 Å². The van der Waals surface area contributed by atoms with Crippen LogP contribution in [0, 0.1) is 19.8 Å². The maximum atomic E-state index is 13.3. The second-order valence-electron chi connectivity index (χ2n) is 8.60. The molecule has 2 aromatic rings. The van der Waals surface area contributed by atoms with Crippen molar-refractivity contribution < 1.29 is 18.0 Å². The highest BCUT2D eigenvalue weighted by molar-refractivity contribution is 7.98. The van der Waals surface area contributed by atoms with Gasteiger partial charge in [0.05, 0.1) is 4.90 Å². The molecule has 3 rings (SSSR count). The highest BCUT2D eigenvalue weighted by Gasteiger charge is 2.33. The highest BCUT2D eigenvalue weighted by Crippen LogP contribution is 2.23. The van der Waals surface area contributed by atoms with Crippen LogP contribution < -0.4 is 4.72 Å². The van der Waals surface area contributed by atoms with Gasteiger partial charge < -0.3 is 4.90 Å². The van der Waals surface area contributed by atoms with E-state index in [1.165, 1.54) is 0 Å². The third kappa shape index (κ3) is 6.68. The molecule has 1 saturated heterocycles. The summed E-state index contributed by atoms with van der Waals surface area (Å²) in [6.07, 6.45) is 3.50. The van der Waals surface area contributed by atoms with E-state index in [1.54, 1.807) is 40.9 Å². The largest absolute Gasteiger partial charge is 0.341 e. The van der Waals surface area contributed by atoms with E-state index in [4.69, 9.17) is 0 Å². The van der Waals surface area contributed by atoms with Crippen molar-refractivity contribution in [3.05, 3.63) is 65.2 Å². The van der Waals surface area contributed by atoms with E-state index < -0.39 is 16.1 Å². The van der Waals surface area contributed by atoms with Crippen LogP contribution in [0.15, 0.2) is 53.4 Å². The van der Waals surface area contributed by atoms with E-state index in [0.29, 0.717) is 43.7 Å². The van der Waals surface area contributed by atoms with Crippen molar-refractivity contribution in [2.75, 3.05) is 25.1 Å². The summed E-state index contributed by atoms with van der Waals surface area (Å²) in [7, 11) is -3.82. The van der Waals surface area contributed by atoms with Gasteiger partial charge in [-0.05, 0) is 57.3 Å². The SMILES string of the molecule is CSCCC(NS(=O)(=O)c1ccc(C)cc1)C(=O)N1CCC(C(=O)c2ccc(C)cc2)CC1. The molecule has 2 aromatic carbocycles. The number of piperidine rings is 1. The summed E-state index contributed by atoms with van der Waals surface area (Å²) >= 11 is 1.57. The molecule has 1 fully saturated rings. The standard InChI is InChI=1S/C25H32N2O4S2/c1-18-4-8-20(9-5-18)24(28)21-12-15-27(16-13-21)25(29)23(14-17-32-3)26-33(30,31)22-10-6-19(2)7-11-22/h4-11,21,23,26H,12-17H2,1-3H3. The number of likely N-dealkylation sites (tertiary alicyclic amines) is 1. The first-order valence-electron chi connectivity index (χ1n) is 11.2. The Morgan fingerprint density at radius 2 is 1.55 bits per heavy atom. The Kier molecular flexibility index (Phi) is 8.73. The molecule has 0 spiro atoms. The highest BCUT2D eigenvalue weighted by atomic mass is 32.2. The number of benzene rings is 2. The summed E-state index contributed by atoms with van der Waals surface area (Å²) in [5.74, 6) is 0.433. The Morgan fingerprint density at radius 3 is 2.09 bits per heavy atom. The molecule has 1 heterocycles. The molecule has 0 saturated carbocycles. The number of ketones is 1. The second kappa shape index (κ2) is 11.3. The molecule has 8 heteroatoms. The maximum absolute atomic E-state index is 13.3. The predicted molar refractivity (Wildman–Crippen MR) is 133 cm³/mol. The Morgan fingerprint density at radius 1 is 1.00 bits per heavy atom. The molecular weight excluding hydrogens is 456 g/mol. The van der Waals surface area contributed by atoms with Gasteiger partial charge in [0.1, 0.15) is 6.04 Å². The zero-order valence-electron chi connectivity index (χ0n) is 19.4. The normalized spacial score (nSPS) is 15.9. The lowest BCUT2D eigenvalue weighted by molar-refractivity contribution is -0.134. The van der Waals surface area contributed by atoms with Gasteiger partial charge in [-0.25, -0.2) is 8.42 Å². The van der Waals surface area contributed by atoms with Gasteiger partial charge in [-0.1, -0.05) is 47.5 Å².